The van der Waals surface area contributed by atoms with E-state index in [4.69, 9.17) is 0 Å². The monoisotopic (exact) mass is 296 g/mol. The molecule has 1 saturated heterocycles. The maximum absolute atomic E-state index is 12.3. The quantitative estimate of drug-likeness (QED) is 0.525. The van der Waals surface area contributed by atoms with Crippen LogP contribution in [-0.4, -0.2) is 35.3 Å². The van der Waals surface area contributed by atoms with Gasteiger partial charge in [-0.25, -0.2) is 0 Å². The van der Waals surface area contributed by atoms with Crippen LogP contribution in [0.3, 0.4) is 0 Å². The minimum absolute atomic E-state index is 0.00867. The van der Waals surface area contributed by atoms with Gasteiger partial charge in [0.1, 0.15) is 0 Å². The average Bonchev–Trinajstić information content (AvgIpc) is 2.71. The Morgan fingerprint density at radius 2 is 1.95 bits per heavy atom. The summed E-state index contributed by atoms with van der Waals surface area (Å²) < 4.78 is 0. The van der Waals surface area contributed by atoms with Crippen molar-refractivity contribution in [3.05, 3.63) is 0 Å². The maximum atomic E-state index is 12.3. The lowest BCUT2D eigenvalue weighted by Gasteiger charge is -2.27. The Bertz CT molecular complexity index is 366. The first kappa shape index (κ1) is 18.1. The van der Waals surface area contributed by atoms with Gasteiger partial charge in [0.15, 0.2) is 0 Å². The van der Waals surface area contributed by atoms with Crippen molar-refractivity contribution in [2.75, 3.05) is 6.54 Å². The van der Waals surface area contributed by atoms with Crippen LogP contribution in [0.5, 0.6) is 0 Å². The fourth-order valence-electron chi connectivity index (χ4n) is 2.80. The number of carbonyl (C=O) groups is 2. The smallest absolute Gasteiger partial charge is 0.247 e. The number of carbonyl (C=O) groups excluding carboxylic acids is 2. The van der Waals surface area contributed by atoms with Gasteiger partial charge in [0.2, 0.25) is 11.8 Å². The number of hydrogen-bond donors (Lipinski definition) is 1. The van der Waals surface area contributed by atoms with Crippen molar-refractivity contribution in [2.45, 2.75) is 85.2 Å². The van der Waals surface area contributed by atoms with Crippen LogP contribution in [0.1, 0.15) is 73.1 Å². The first-order valence-electron chi connectivity index (χ1n) is 8.41. The van der Waals surface area contributed by atoms with Crippen LogP contribution >= 0.6 is 0 Å². The Hall–Kier alpha value is -0.900. The van der Waals surface area contributed by atoms with E-state index in [1.807, 2.05) is 13.8 Å². The Balaban J connectivity index is 2.49. The van der Waals surface area contributed by atoms with Gasteiger partial charge in [0, 0.05) is 12.6 Å². The first-order valence-corrected chi connectivity index (χ1v) is 8.41. The molecule has 2 atom stereocenters. The molecule has 1 N–H and O–H groups in total. The molecule has 0 radical (unpaired) electrons. The largest absolute Gasteiger partial charge is 0.305 e. The highest BCUT2D eigenvalue weighted by Crippen LogP contribution is 2.24. The molecular weight excluding hydrogens is 264 g/mol. The number of likely N-dealkylation sites (tertiary alicyclic amines) is 1. The summed E-state index contributed by atoms with van der Waals surface area (Å²) in [6.07, 6.45) is 5.98. The van der Waals surface area contributed by atoms with Gasteiger partial charge in [-0.3, -0.25) is 14.5 Å². The third-order valence-corrected chi connectivity index (χ3v) is 4.50. The number of amides is 2. The van der Waals surface area contributed by atoms with Crippen LogP contribution in [0.4, 0.5) is 0 Å². The molecule has 2 amide bonds. The number of hydrogen-bond acceptors (Lipinski definition) is 3. The van der Waals surface area contributed by atoms with Crippen molar-refractivity contribution in [3.8, 4) is 0 Å². The molecule has 4 heteroatoms. The second-order valence-corrected chi connectivity index (χ2v) is 7.12. The summed E-state index contributed by atoms with van der Waals surface area (Å²) in [4.78, 5) is 25.8. The molecule has 0 bridgehead atoms. The van der Waals surface area contributed by atoms with Crippen LogP contribution in [0.15, 0.2) is 0 Å². The average molecular weight is 296 g/mol. The van der Waals surface area contributed by atoms with E-state index in [0.717, 1.165) is 19.4 Å². The zero-order chi connectivity index (χ0) is 16.0. The molecule has 0 aromatic heterocycles. The number of nitrogens with one attached hydrogen (secondary N) is 1. The van der Waals surface area contributed by atoms with E-state index in [0.29, 0.717) is 6.42 Å². The van der Waals surface area contributed by atoms with Crippen molar-refractivity contribution < 1.29 is 9.59 Å². The van der Waals surface area contributed by atoms with Crippen molar-refractivity contribution in [3.63, 3.8) is 0 Å². The number of nitrogens with zero attached hydrogens (tertiary/aromatic N) is 1. The van der Waals surface area contributed by atoms with E-state index < -0.39 is 0 Å². The summed E-state index contributed by atoms with van der Waals surface area (Å²) >= 11 is 0. The molecule has 1 fully saturated rings. The molecule has 0 saturated carbocycles. The predicted octanol–water partition coefficient (Wildman–Crippen LogP) is 3.11. The molecule has 0 aromatic rings. The summed E-state index contributed by atoms with van der Waals surface area (Å²) in [5.74, 6) is -0.0747. The number of rotatable bonds is 9. The van der Waals surface area contributed by atoms with Gasteiger partial charge in [0.25, 0.3) is 0 Å². The molecule has 0 aromatic carbocycles. The zero-order valence-electron chi connectivity index (χ0n) is 14.4. The van der Waals surface area contributed by atoms with E-state index in [1.54, 1.807) is 0 Å². The van der Waals surface area contributed by atoms with Crippen LogP contribution in [-0.2, 0) is 9.59 Å². The summed E-state index contributed by atoms with van der Waals surface area (Å²) in [5.41, 5.74) is 0.169. The van der Waals surface area contributed by atoms with Gasteiger partial charge in [-0.1, -0.05) is 47.0 Å². The maximum Gasteiger partial charge on any atom is 0.247 e. The van der Waals surface area contributed by atoms with Crippen molar-refractivity contribution in [1.82, 2.24) is 10.2 Å². The Morgan fingerprint density at radius 1 is 1.29 bits per heavy atom. The van der Waals surface area contributed by atoms with Crippen molar-refractivity contribution >= 4 is 11.8 Å². The molecular formula is C17H32N2O2. The Morgan fingerprint density at radius 3 is 2.52 bits per heavy atom. The number of imide groups is 1. The molecule has 1 heterocycles. The van der Waals surface area contributed by atoms with Crippen LogP contribution in [0, 0.1) is 5.41 Å². The minimum atomic E-state index is -0.322. The lowest BCUT2D eigenvalue weighted by Crippen LogP contribution is -2.44. The van der Waals surface area contributed by atoms with Crippen LogP contribution in [0.25, 0.3) is 0 Å². The van der Waals surface area contributed by atoms with E-state index in [9.17, 15) is 9.59 Å². The highest BCUT2D eigenvalue weighted by atomic mass is 16.2. The number of unbranched alkanes of at least 4 members (excludes halogenated alkanes) is 2. The van der Waals surface area contributed by atoms with E-state index in [-0.39, 0.29) is 29.3 Å². The summed E-state index contributed by atoms with van der Waals surface area (Å²) in [5, 5.41) is 3.33. The summed E-state index contributed by atoms with van der Waals surface area (Å²) in [7, 11) is 0. The van der Waals surface area contributed by atoms with E-state index in [1.165, 1.54) is 24.2 Å². The third kappa shape index (κ3) is 5.10. The fraction of sp³-hybridized carbons (Fsp3) is 0.882. The standard InChI is InChI=1S/C17H32N2O2/c1-6-8-9-10-17(4,5)12-18-14-11-15(20)19(16(14)21)13(3)7-2/h13-14,18H,6-12H2,1-5H3. The molecule has 2 unspecified atom stereocenters. The van der Waals surface area contributed by atoms with Crippen molar-refractivity contribution in [1.29, 1.82) is 0 Å². The molecule has 0 aliphatic carbocycles. The second-order valence-electron chi connectivity index (χ2n) is 7.12. The topological polar surface area (TPSA) is 49.4 Å². The van der Waals surface area contributed by atoms with Crippen LogP contribution < -0.4 is 5.32 Å². The predicted molar refractivity (Wildman–Crippen MR) is 85.9 cm³/mol. The first-order chi connectivity index (χ1) is 9.82. The molecule has 1 aliphatic heterocycles. The van der Waals surface area contributed by atoms with Crippen LogP contribution in [0.2, 0.25) is 0 Å². The summed E-state index contributed by atoms with van der Waals surface area (Å²) in [6, 6.07) is -0.314. The second kappa shape index (κ2) is 7.92. The Labute approximate surface area is 129 Å². The zero-order valence-corrected chi connectivity index (χ0v) is 14.4. The molecule has 0 spiro atoms. The molecule has 21 heavy (non-hydrogen) atoms. The Kier molecular flexibility index (Phi) is 6.85. The van der Waals surface area contributed by atoms with Gasteiger partial charge in [-0.15, -0.1) is 0 Å². The fourth-order valence-corrected chi connectivity index (χ4v) is 2.80. The molecule has 4 nitrogen and oxygen atoms in total. The van der Waals surface area contributed by atoms with E-state index >= 15 is 0 Å². The molecule has 1 rings (SSSR count). The van der Waals surface area contributed by atoms with Gasteiger partial charge in [0.05, 0.1) is 12.5 Å². The van der Waals surface area contributed by atoms with Gasteiger partial charge >= 0.3 is 0 Å². The molecule has 1 aliphatic rings. The van der Waals surface area contributed by atoms with Gasteiger partial charge in [-0.05, 0) is 25.2 Å². The molecule has 122 valence electrons. The minimum Gasteiger partial charge on any atom is -0.305 e. The van der Waals surface area contributed by atoms with Gasteiger partial charge in [-0.2, -0.15) is 0 Å². The van der Waals surface area contributed by atoms with Gasteiger partial charge < -0.3 is 5.32 Å². The SMILES string of the molecule is CCCCCC(C)(C)CNC1CC(=O)N(C(C)CC)C1=O. The lowest BCUT2D eigenvalue weighted by atomic mass is 9.86. The van der Waals surface area contributed by atoms with Crippen molar-refractivity contribution in [2.24, 2.45) is 5.41 Å². The normalized spacial score (nSPS) is 21.2. The summed E-state index contributed by atoms with van der Waals surface area (Å²) in [6.45, 7) is 11.4. The lowest BCUT2D eigenvalue weighted by molar-refractivity contribution is -0.141. The highest BCUT2D eigenvalue weighted by molar-refractivity contribution is 6.05. The highest BCUT2D eigenvalue weighted by Gasteiger charge is 2.40. The van der Waals surface area contributed by atoms with E-state index in [2.05, 4.69) is 26.1 Å². The third-order valence-electron chi connectivity index (χ3n) is 4.50.